The summed E-state index contributed by atoms with van der Waals surface area (Å²) < 4.78 is 15.0. The zero-order valence-corrected chi connectivity index (χ0v) is 9.32. The van der Waals surface area contributed by atoms with E-state index in [1.165, 1.54) is 13.8 Å². The molecule has 86 valence electrons. The van der Waals surface area contributed by atoms with Crippen LogP contribution in [-0.4, -0.2) is 36.3 Å². The lowest BCUT2D eigenvalue weighted by atomic mass is 10.2. The number of carbonyl (C=O) groups excluding carboxylic acids is 2. The maximum Gasteiger partial charge on any atom is 0.302 e. The van der Waals surface area contributed by atoms with Crippen molar-refractivity contribution in [2.75, 3.05) is 6.61 Å². The molecule has 1 fully saturated rings. The van der Waals surface area contributed by atoms with Gasteiger partial charge in [-0.1, -0.05) is 11.6 Å². The van der Waals surface area contributed by atoms with Gasteiger partial charge in [-0.25, -0.2) is 0 Å². The van der Waals surface area contributed by atoms with Crippen molar-refractivity contribution < 1.29 is 23.8 Å². The van der Waals surface area contributed by atoms with E-state index in [-0.39, 0.29) is 6.61 Å². The van der Waals surface area contributed by atoms with Gasteiger partial charge in [0, 0.05) is 20.3 Å². The average Bonchev–Trinajstić information content (AvgIpc) is 2.41. The molecule has 3 atom stereocenters. The van der Waals surface area contributed by atoms with Crippen molar-refractivity contribution in [2.24, 2.45) is 0 Å². The molecule has 1 aliphatic heterocycles. The number of hydrogen-bond donors (Lipinski definition) is 0. The van der Waals surface area contributed by atoms with Crippen LogP contribution in [0.25, 0.3) is 0 Å². The number of ether oxygens (including phenoxy) is 3. The van der Waals surface area contributed by atoms with E-state index in [1.54, 1.807) is 0 Å². The van der Waals surface area contributed by atoms with Gasteiger partial charge >= 0.3 is 11.9 Å². The van der Waals surface area contributed by atoms with Crippen LogP contribution in [0.4, 0.5) is 0 Å². The predicted molar refractivity (Wildman–Crippen MR) is 51.3 cm³/mol. The first-order valence-electron chi connectivity index (χ1n) is 4.59. The molecule has 0 radical (unpaired) electrons. The van der Waals surface area contributed by atoms with Crippen LogP contribution in [0.1, 0.15) is 20.3 Å². The maximum absolute atomic E-state index is 10.8. The fourth-order valence-electron chi connectivity index (χ4n) is 1.35. The average molecular weight is 237 g/mol. The van der Waals surface area contributed by atoms with Crippen molar-refractivity contribution in [3.63, 3.8) is 0 Å². The first-order valence-corrected chi connectivity index (χ1v) is 5.03. The van der Waals surface area contributed by atoms with E-state index in [0.29, 0.717) is 6.42 Å². The Balaban J connectivity index is 2.45. The normalized spacial score (nSPS) is 29.9. The summed E-state index contributed by atoms with van der Waals surface area (Å²) >= 11 is 5.75. The molecule has 0 aromatic heterocycles. The minimum Gasteiger partial charge on any atom is -0.463 e. The summed E-state index contributed by atoms with van der Waals surface area (Å²) in [5.74, 6) is -0.805. The summed E-state index contributed by atoms with van der Waals surface area (Å²) in [7, 11) is 0. The summed E-state index contributed by atoms with van der Waals surface area (Å²) in [6, 6.07) is 0. The van der Waals surface area contributed by atoms with Crippen LogP contribution >= 0.6 is 11.6 Å². The summed E-state index contributed by atoms with van der Waals surface area (Å²) in [6.07, 6.45) is -0.503. The summed E-state index contributed by atoms with van der Waals surface area (Å²) in [6.45, 7) is 2.66. The fourth-order valence-corrected chi connectivity index (χ4v) is 1.66. The minimum absolute atomic E-state index is 0.0521. The van der Waals surface area contributed by atoms with Gasteiger partial charge in [0.1, 0.15) is 24.4 Å². The summed E-state index contributed by atoms with van der Waals surface area (Å²) in [5, 5.41) is 0. The molecule has 1 aliphatic rings. The molecule has 0 bridgehead atoms. The predicted octanol–water partition coefficient (Wildman–Crippen LogP) is 0.835. The number of esters is 2. The molecule has 15 heavy (non-hydrogen) atoms. The molecule has 0 aromatic rings. The van der Waals surface area contributed by atoms with Crippen LogP contribution in [-0.2, 0) is 23.8 Å². The van der Waals surface area contributed by atoms with Crippen LogP contribution in [0.3, 0.4) is 0 Å². The molecule has 1 heterocycles. The van der Waals surface area contributed by atoms with Gasteiger partial charge in [-0.05, 0) is 0 Å². The van der Waals surface area contributed by atoms with E-state index in [1.807, 2.05) is 0 Å². The lowest BCUT2D eigenvalue weighted by molar-refractivity contribution is -0.154. The Bertz CT molecular complexity index is 255. The second kappa shape index (κ2) is 5.32. The molecule has 0 amide bonds. The summed E-state index contributed by atoms with van der Waals surface area (Å²) in [5.41, 5.74) is -0.505. The zero-order valence-electron chi connectivity index (χ0n) is 8.57. The monoisotopic (exact) mass is 236 g/mol. The van der Waals surface area contributed by atoms with Crippen molar-refractivity contribution in [1.82, 2.24) is 0 Å². The van der Waals surface area contributed by atoms with Gasteiger partial charge in [-0.15, -0.1) is 0 Å². The van der Waals surface area contributed by atoms with Crippen LogP contribution in [0.15, 0.2) is 0 Å². The molecule has 1 rings (SSSR count). The van der Waals surface area contributed by atoms with Gasteiger partial charge in [0.2, 0.25) is 0 Å². The largest absolute Gasteiger partial charge is 0.463 e. The second-order valence-corrected chi connectivity index (χ2v) is 3.76. The molecule has 0 saturated carbocycles. The van der Waals surface area contributed by atoms with E-state index in [0.717, 1.165) is 0 Å². The Labute approximate surface area is 92.6 Å². The van der Waals surface area contributed by atoms with Crippen LogP contribution in [0.2, 0.25) is 0 Å². The third-order valence-electron chi connectivity index (χ3n) is 1.92. The van der Waals surface area contributed by atoms with Crippen molar-refractivity contribution in [3.8, 4) is 0 Å². The van der Waals surface area contributed by atoms with E-state index < -0.39 is 29.7 Å². The van der Waals surface area contributed by atoms with Gasteiger partial charge in [-0.2, -0.15) is 0 Å². The SMILES string of the molecule is CC(=O)OC[C@H]1O[C@@H](Cl)C[C@@H]1OC(C)=O. The van der Waals surface area contributed by atoms with Crippen LogP contribution in [0, 0.1) is 0 Å². The van der Waals surface area contributed by atoms with Gasteiger partial charge in [-0.3, -0.25) is 9.59 Å². The van der Waals surface area contributed by atoms with Crippen LogP contribution < -0.4 is 0 Å². The number of halogens is 1. The summed E-state index contributed by atoms with van der Waals surface area (Å²) in [4.78, 5) is 21.4. The molecule has 0 aliphatic carbocycles. The Morgan fingerprint density at radius 3 is 2.60 bits per heavy atom. The van der Waals surface area contributed by atoms with Gasteiger partial charge in [0.05, 0.1) is 0 Å². The molecule has 0 unspecified atom stereocenters. The molecule has 0 spiro atoms. The smallest absolute Gasteiger partial charge is 0.302 e. The van der Waals surface area contributed by atoms with E-state index in [2.05, 4.69) is 0 Å². The van der Waals surface area contributed by atoms with Gasteiger partial charge in [0.25, 0.3) is 0 Å². The lowest BCUT2D eigenvalue weighted by Gasteiger charge is -2.17. The molecular weight excluding hydrogens is 224 g/mol. The highest BCUT2D eigenvalue weighted by Crippen LogP contribution is 2.26. The number of alkyl halides is 1. The number of rotatable bonds is 3. The Hall–Kier alpha value is -0.810. The molecule has 0 aromatic carbocycles. The zero-order chi connectivity index (χ0) is 11.4. The second-order valence-electron chi connectivity index (χ2n) is 3.27. The molecule has 6 heteroatoms. The molecule has 0 N–H and O–H groups in total. The van der Waals surface area contributed by atoms with Crippen LogP contribution in [0.5, 0.6) is 0 Å². The highest BCUT2D eigenvalue weighted by atomic mass is 35.5. The quantitative estimate of drug-likeness (QED) is 0.537. The highest BCUT2D eigenvalue weighted by molar-refractivity contribution is 6.19. The van der Waals surface area contributed by atoms with Gasteiger partial charge in [0.15, 0.2) is 0 Å². The Morgan fingerprint density at radius 2 is 2.07 bits per heavy atom. The Morgan fingerprint density at radius 1 is 1.40 bits per heavy atom. The third kappa shape index (κ3) is 4.05. The highest BCUT2D eigenvalue weighted by Gasteiger charge is 2.37. The lowest BCUT2D eigenvalue weighted by Crippen LogP contribution is -2.31. The van der Waals surface area contributed by atoms with Crippen molar-refractivity contribution in [1.29, 1.82) is 0 Å². The number of hydrogen-bond acceptors (Lipinski definition) is 5. The fraction of sp³-hybridized carbons (Fsp3) is 0.778. The molecular formula is C9H13ClO5. The third-order valence-corrected chi connectivity index (χ3v) is 2.20. The van der Waals surface area contributed by atoms with E-state index in [4.69, 9.17) is 25.8 Å². The minimum atomic E-state index is -0.505. The molecule has 5 nitrogen and oxygen atoms in total. The Kier molecular flexibility index (Phi) is 4.35. The van der Waals surface area contributed by atoms with Crippen molar-refractivity contribution >= 4 is 23.5 Å². The van der Waals surface area contributed by atoms with E-state index in [9.17, 15) is 9.59 Å². The number of carbonyl (C=O) groups is 2. The standard InChI is InChI=1S/C9H13ClO5/c1-5(11)13-4-8-7(14-6(2)12)3-9(10)15-8/h7-9H,3-4H2,1-2H3/t7-,8+,9+/m0/s1. The first-order chi connectivity index (χ1) is 6.99. The first kappa shape index (κ1) is 12.3. The van der Waals surface area contributed by atoms with E-state index >= 15 is 0 Å². The van der Waals surface area contributed by atoms with Crippen molar-refractivity contribution in [3.05, 3.63) is 0 Å². The topological polar surface area (TPSA) is 61.8 Å². The maximum atomic E-state index is 10.8. The molecule has 1 saturated heterocycles. The van der Waals surface area contributed by atoms with Gasteiger partial charge < -0.3 is 14.2 Å². The van der Waals surface area contributed by atoms with Crippen molar-refractivity contribution in [2.45, 2.75) is 38.0 Å².